The molecule has 1 aromatic rings. The number of amides is 1. The molecule has 2 aliphatic heterocycles. The largest absolute Gasteiger partial charge is 0.454 e. The molecule has 0 spiro atoms. The lowest BCUT2D eigenvalue weighted by Crippen LogP contribution is -2.23. The Balaban J connectivity index is 1.99. The second-order valence-corrected chi connectivity index (χ2v) is 5.62. The number of aliphatic imine (C=N–C) groups is 1. The van der Waals surface area contributed by atoms with Crippen LogP contribution in [0.15, 0.2) is 22.0 Å². The van der Waals surface area contributed by atoms with E-state index in [0.717, 1.165) is 5.56 Å². The number of rotatable bonds is 1. The molecule has 1 saturated heterocycles. The minimum Gasteiger partial charge on any atom is -0.454 e. The van der Waals surface area contributed by atoms with Gasteiger partial charge in [-0.05, 0) is 29.5 Å². The number of amidine groups is 1. The van der Waals surface area contributed by atoms with E-state index >= 15 is 0 Å². The maximum atomic E-state index is 12.1. The van der Waals surface area contributed by atoms with E-state index in [2.05, 4.69) is 4.99 Å². The third kappa shape index (κ3) is 2.14. The summed E-state index contributed by atoms with van der Waals surface area (Å²) < 4.78 is 10.6. The number of thioether (sulfide) groups is 1. The summed E-state index contributed by atoms with van der Waals surface area (Å²) in [5.41, 5.74) is 0.720. The zero-order valence-electron chi connectivity index (χ0n) is 10.8. The van der Waals surface area contributed by atoms with Gasteiger partial charge in [0.2, 0.25) is 6.79 Å². The highest BCUT2D eigenvalue weighted by Gasteiger charge is 2.30. The molecule has 104 valence electrons. The Morgan fingerprint density at radius 2 is 2.10 bits per heavy atom. The topological polar surface area (TPSA) is 51.1 Å². The van der Waals surface area contributed by atoms with Crippen molar-refractivity contribution < 1.29 is 14.3 Å². The summed E-state index contributed by atoms with van der Waals surface area (Å²) in [6.07, 6.45) is 1.74. The monoisotopic (exact) mass is 310 g/mol. The molecular weight excluding hydrogens is 300 g/mol. The van der Waals surface area contributed by atoms with E-state index in [9.17, 15) is 4.79 Å². The first-order valence-electron chi connectivity index (χ1n) is 5.83. The highest BCUT2D eigenvalue weighted by molar-refractivity contribution is 8.18. The maximum absolute atomic E-state index is 12.1. The molecule has 0 bridgehead atoms. The van der Waals surface area contributed by atoms with E-state index in [1.54, 1.807) is 32.3 Å². The average Bonchev–Trinajstić information content (AvgIpc) is 2.98. The predicted octanol–water partition coefficient (Wildman–Crippen LogP) is 2.60. The first-order chi connectivity index (χ1) is 9.60. The highest BCUT2D eigenvalue weighted by atomic mass is 35.5. The Labute approximate surface area is 125 Å². The molecule has 0 N–H and O–H groups in total. The Hall–Kier alpha value is -1.66. The molecule has 0 radical (unpaired) electrons. The SMILES string of the molecule is CN=C1S/C(=C\c2cc3c(cc2Cl)OCO3)C(=O)N1C. The zero-order chi connectivity index (χ0) is 14.3. The van der Waals surface area contributed by atoms with E-state index in [4.69, 9.17) is 21.1 Å². The normalized spacial score (nSPS) is 21.4. The molecule has 0 saturated carbocycles. The van der Waals surface area contributed by atoms with Crippen molar-refractivity contribution in [2.24, 2.45) is 4.99 Å². The standard InChI is InChI=1S/C13H11ClN2O3S/c1-15-13-16(2)12(17)11(20-13)4-7-3-9-10(5-8(7)14)19-6-18-9/h3-5H,6H2,1-2H3/b11-4-,15-13?. The molecule has 5 nitrogen and oxygen atoms in total. The van der Waals surface area contributed by atoms with Crippen molar-refractivity contribution in [2.75, 3.05) is 20.9 Å². The molecule has 2 heterocycles. The Morgan fingerprint density at radius 3 is 2.75 bits per heavy atom. The summed E-state index contributed by atoms with van der Waals surface area (Å²) in [5.74, 6) is 1.16. The number of ether oxygens (including phenoxy) is 2. The number of carbonyl (C=O) groups is 1. The van der Waals surface area contributed by atoms with E-state index in [1.807, 2.05) is 0 Å². The van der Waals surface area contributed by atoms with E-state index in [1.165, 1.54) is 16.7 Å². The van der Waals surface area contributed by atoms with Gasteiger partial charge < -0.3 is 9.47 Å². The van der Waals surface area contributed by atoms with Crippen molar-refractivity contribution >= 4 is 40.5 Å². The molecule has 20 heavy (non-hydrogen) atoms. The number of fused-ring (bicyclic) bond motifs is 1. The van der Waals surface area contributed by atoms with Crippen LogP contribution in [0.5, 0.6) is 11.5 Å². The molecule has 2 aliphatic rings. The molecular formula is C13H11ClN2O3S. The Kier molecular flexibility index (Phi) is 3.35. The third-order valence-corrected chi connectivity index (χ3v) is 4.45. The Morgan fingerprint density at radius 1 is 1.40 bits per heavy atom. The number of halogens is 1. The fraction of sp³-hybridized carbons (Fsp3) is 0.231. The molecule has 3 rings (SSSR count). The smallest absolute Gasteiger partial charge is 0.266 e. The minimum atomic E-state index is -0.0932. The van der Waals surface area contributed by atoms with Crippen LogP contribution in [-0.4, -0.2) is 36.9 Å². The van der Waals surface area contributed by atoms with Crippen LogP contribution in [0, 0.1) is 0 Å². The van der Waals surface area contributed by atoms with Gasteiger partial charge in [0.15, 0.2) is 16.7 Å². The van der Waals surface area contributed by atoms with Crippen molar-refractivity contribution in [2.45, 2.75) is 0 Å². The van der Waals surface area contributed by atoms with E-state index in [-0.39, 0.29) is 12.7 Å². The molecule has 0 aliphatic carbocycles. The van der Waals surface area contributed by atoms with Crippen molar-refractivity contribution in [3.05, 3.63) is 27.6 Å². The van der Waals surface area contributed by atoms with Gasteiger partial charge in [-0.3, -0.25) is 14.7 Å². The van der Waals surface area contributed by atoms with Gasteiger partial charge in [-0.15, -0.1) is 0 Å². The van der Waals surface area contributed by atoms with Crippen LogP contribution in [0.2, 0.25) is 5.02 Å². The second kappa shape index (κ2) is 5.03. The van der Waals surface area contributed by atoms with Gasteiger partial charge in [0.05, 0.1) is 9.93 Å². The van der Waals surface area contributed by atoms with Crippen LogP contribution in [-0.2, 0) is 4.79 Å². The van der Waals surface area contributed by atoms with Crippen molar-refractivity contribution in [1.29, 1.82) is 0 Å². The van der Waals surface area contributed by atoms with Gasteiger partial charge in [0, 0.05) is 20.2 Å². The second-order valence-electron chi connectivity index (χ2n) is 4.21. The first-order valence-corrected chi connectivity index (χ1v) is 7.03. The van der Waals surface area contributed by atoms with Crippen LogP contribution < -0.4 is 9.47 Å². The summed E-state index contributed by atoms with van der Waals surface area (Å²) in [6, 6.07) is 3.46. The zero-order valence-corrected chi connectivity index (χ0v) is 12.4. The molecule has 0 unspecified atom stereocenters. The molecule has 0 atom stereocenters. The summed E-state index contributed by atoms with van der Waals surface area (Å²) in [5, 5.41) is 1.18. The van der Waals surface area contributed by atoms with E-state index < -0.39 is 0 Å². The van der Waals surface area contributed by atoms with Gasteiger partial charge in [-0.1, -0.05) is 11.6 Å². The fourth-order valence-corrected chi connectivity index (χ4v) is 3.06. The molecule has 1 fully saturated rings. The molecule has 0 aromatic heterocycles. The number of hydrogen-bond donors (Lipinski definition) is 0. The highest BCUT2D eigenvalue weighted by Crippen LogP contribution is 2.39. The summed E-state index contributed by atoms with van der Waals surface area (Å²) >= 11 is 7.52. The number of carbonyl (C=O) groups excluding carboxylic acids is 1. The van der Waals surface area contributed by atoms with Crippen LogP contribution in [0.4, 0.5) is 0 Å². The Bertz CT molecular complexity index is 657. The number of hydrogen-bond acceptors (Lipinski definition) is 5. The lowest BCUT2D eigenvalue weighted by atomic mass is 10.2. The van der Waals surface area contributed by atoms with Crippen molar-refractivity contribution in [3.63, 3.8) is 0 Å². The van der Waals surface area contributed by atoms with Gasteiger partial charge in [-0.25, -0.2) is 0 Å². The van der Waals surface area contributed by atoms with Crippen molar-refractivity contribution in [3.8, 4) is 11.5 Å². The summed E-state index contributed by atoms with van der Waals surface area (Å²) in [6.45, 7) is 0.189. The van der Waals surface area contributed by atoms with Crippen molar-refractivity contribution in [1.82, 2.24) is 4.90 Å². The van der Waals surface area contributed by atoms with Crippen LogP contribution in [0.25, 0.3) is 6.08 Å². The van der Waals surface area contributed by atoms with Gasteiger partial charge in [0.25, 0.3) is 5.91 Å². The van der Waals surface area contributed by atoms with E-state index in [0.29, 0.717) is 26.6 Å². The number of benzene rings is 1. The minimum absolute atomic E-state index is 0.0932. The number of likely N-dealkylation sites (N-methyl/N-ethyl adjacent to an activating group) is 1. The van der Waals surface area contributed by atoms with Crippen LogP contribution >= 0.6 is 23.4 Å². The summed E-state index contributed by atoms with van der Waals surface area (Å²) in [7, 11) is 3.35. The van der Waals surface area contributed by atoms with Gasteiger partial charge in [-0.2, -0.15) is 0 Å². The van der Waals surface area contributed by atoms with Crippen LogP contribution in [0.3, 0.4) is 0 Å². The van der Waals surface area contributed by atoms with Crippen LogP contribution in [0.1, 0.15) is 5.56 Å². The predicted molar refractivity (Wildman–Crippen MR) is 79.3 cm³/mol. The van der Waals surface area contributed by atoms with Gasteiger partial charge >= 0.3 is 0 Å². The number of nitrogens with zero attached hydrogens (tertiary/aromatic N) is 2. The molecule has 1 amide bonds. The molecule has 7 heteroatoms. The third-order valence-electron chi connectivity index (χ3n) is 2.97. The average molecular weight is 311 g/mol. The summed E-state index contributed by atoms with van der Waals surface area (Å²) in [4.78, 5) is 18.2. The van der Waals surface area contributed by atoms with Gasteiger partial charge in [0.1, 0.15) is 0 Å². The quantitative estimate of drug-likeness (QED) is 0.748. The molecule has 1 aromatic carbocycles. The lowest BCUT2D eigenvalue weighted by Gasteiger charge is -2.05. The maximum Gasteiger partial charge on any atom is 0.266 e. The lowest BCUT2D eigenvalue weighted by molar-refractivity contribution is -0.121. The first kappa shape index (κ1) is 13.3. The fourth-order valence-electron chi connectivity index (χ4n) is 1.93.